The third-order valence-corrected chi connectivity index (χ3v) is 7.72. The zero-order chi connectivity index (χ0) is 15.6. The van der Waals surface area contributed by atoms with Gasteiger partial charge < -0.3 is 0 Å². The predicted molar refractivity (Wildman–Crippen MR) is 89.5 cm³/mol. The molecule has 2 fully saturated rings. The molecule has 4 nitrogen and oxygen atoms in total. The van der Waals surface area contributed by atoms with E-state index in [1.54, 1.807) is 22.1 Å². The molecule has 2 aliphatic rings. The Balaban J connectivity index is 1.68. The third kappa shape index (κ3) is 3.66. The minimum Gasteiger partial charge on any atom is -0.249 e. The van der Waals surface area contributed by atoms with E-state index >= 15 is 0 Å². The van der Waals surface area contributed by atoms with E-state index in [2.05, 4.69) is 11.9 Å². The molecule has 1 aliphatic carbocycles. The van der Waals surface area contributed by atoms with Gasteiger partial charge in [0.25, 0.3) is 0 Å². The highest BCUT2D eigenvalue weighted by Crippen LogP contribution is 2.37. The van der Waals surface area contributed by atoms with Crippen LogP contribution in [0.2, 0.25) is 0 Å². The van der Waals surface area contributed by atoms with Crippen LogP contribution in [0.1, 0.15) is 45.4 Å². The van der Waals surface area contributed by atoms with E-state index in [1.807, 2.05) is 6.07 Å². The van der Waals surface area contributed by atoms with Gasteiger partial charge in [0, 0.05) is 24.5 Å². The molecule has 0 spiro atoms. The average Bonchev–Trinajstić information content (AvgIpc) is 2.94. The maximum Gasteiger partial charge on any atom is 0.244 e. The second kappa shape index (κ2) is 6.89. The van der Waals surface area contributed by atoms with Crippen molar-refractivity contribution >= 4 is 21.8 Å². The molecule has 122 valence electrons. The molecule has 1 aromatic heterocycles. The van der Waals surface area contributed by atoms with Crippen molar-refractivity contribution in [1.82, 2.24) is 9.29 Å². The molecule has 2 heterocycles. The standard InChI is InChI=1S/C16H24N2O2S2/c1-13-5-6-14(11-13)21-16-8-7-15(12-17-16)22(19,20)18-9-3-2-4-10-18/h7-8,12-14H,2-6,9-11H2,1H3/t13-,14+/m1/s1. The van der Waals surface area contributed by atoms with Gasteiger partial charge in [0.05, 0.1) is 5.03 Å². The van der Waals surface area contributed by atoms with Crippen molar-refractivity contribution in [3.63, 3.8) is 0 Å². The number of thioether (sulfide) groups is 1. The highest BCUT2D eigenvalue weighted by molar-refractivity contribution is 7.99. The fourth-order valence-corrected chi connectivity index (χ4v) is 6.02. The van der Waals surface area contributed by atoms with Crippen LogP contribution in [0.5, 0.6) is 0 Å². The van der Waals surface area contributed by atoms with Gasteiger partial charge in [-0.3, -0.25) is 0 Å². The summed E-state index contributed by atoms with van der Waals surface area (Å²) in [6, 6.07) is 3.59. The average molecular weight is 341 g/mol. The lowest BCUT2D eigenvalue weighted by atomic mass is 10.1. The number of rotatable bonds is 4. The van der Waals surface area contributed by atoms with E-state index in [9.17, 15) is 8.42 Å². The van der Waals surface area contributed by atoms with E-state index in [0.29, 0.717) is 23.2 Å². The van der Waals surface area contributed by atoms with Crippen molar-refractivity contribution in [3.05, 3.63) is 18.3 Å². The van der Waals surface area contributed by atoms with E-state index in [-0.39, 0.29) is 0 Å². The molecule has 1 aromatic rings. The summed E-state index contributed by atoms with van der Waals surface area (Å²) in [5.74, 6) is 0.802. The Morgan fingerprint density at radius 3 is 2.55 bits per heavy atom. The van der Waals surface area contributed by atoms with Gasteiger partial charge in [-0.25, -0.2) is 13.4 Å². The van der Waals surface area contributed by atoms with E-state index in [1.165, 1.54) is 25.5 Å². The number of hydrogen-bond donors (Lipinski definition) is 0. The van der Waals surface area contributed by atoms with Gasteiger partial charge in [0.1, 0.15) is 4.90 Å². The summed E-state index contributed by atoms with van der Waals surface area (Å²) in [6.45, 7) is 3.57. The molecule has 6 heteroatoms. The number of sulfonamides is 1. The van der Waals surface area contributed by atoms with Crippen LogP contribution in [0.15, 0.2) is 28.3 Å². The van der Waals surface area contributed by atoms with Crippen molar-refractivity contribution in [2.45, 2.75) is 60.6 Å². The molecule has 3 rings (SSSR count). The summed E-state index contributed by atoms with van der Waals surface area (Å²) < 4.78 is 26.7. The molecule has 22 heavy (non-hydrogen) atoms. The molecule has 0 radical (unpaired) electrons. The SMILES string of the molecule is C[C@@H]1CC[C@H](Sc2ccc(S(=O)(=O)N3CCCCC3)cn2)C1. The van der Waals surface area contributed by atoms with Crippen LogP contribution >= 0.6 is 11.8 Å². The van der Waals surface area contributed by atoms with Crippen LogP contribution in [-0.4, -0.2) is 36.0 Å². The molecule has 0 amide bonds. The van der Waals surface area contributed by atoms with Gasteiger partial charge in [0.2, 0.25) is 10.0 Å². The van der Waals surface area contributed by atoms with E-state index < -0.39 is 10.0 Å². The third-order valence-electron chi connectivity index (χ3n) is 4.60. The van der Waals surface area contributed by atoms with E-state index in [0.717, 1.165) is 30.2 Å². The zero-order valence-electron chi connectivity index (χ0n) is 13.1. The van der Waals surface area contributed by atoms with Crippen LogP contribution < -0.4 is 0 Å². The minimum atomic E-state index is -3.35. The number of pyridine rings is 1. The largest absolute Gasteiger partial charge is 0.249 e. The fraction of sp³-hybridized carbons (Fsp3) is 0.688. The summed E-state index contributed by atoms with van der Waals surface area (Å²) in [5, 5.41) is 1.57. The molecule has 1 aliphatic heterocycles. The Morgan fingerprint density at radius 1 is 1.18 bits per heavy atom. The van der Waals surface area contributed by atoms with E-state index in [4.69, 9.17) is 0 Å². The Kier molecular flexibility index (Phi) is 5.10. The van der Waals surface area contributed by atoms with Gasteiger partial charge >= 0.3 is 0 Å². The summed E-state index contributed by atoms with van der Waals surface area (Å²) >= 11 is 1.79. The van der Waals surface area contributed by atoms with Crippen LogP contribution in [0.3, 0.4) is 0 Å². The fourth-order valence-electron chi connectivity index (χ4n) is 3.28. The van der Waals surface area contributed by atoms with Crippen LogP contribution in [0, 0.1) is 5.92 Å². The quantitative estimate of drug-likeness (QED) is 0.841. The van der Waals surface area contributed by atoms with Crippen LogP contribution in [0.4, 0.5) is 0 Å². The maximum absolute atomic E-state index is 12.6. The first-order valence-corrected chi connectivity index (χ1v) is 10.5. The first kappa shape index (κ1) is 16.3. The van der Waals surface area contributed by atoms with Gasteiger partial charge in [-0.1, -0.05) is 13.3 Å². The smallest absolute Gasteiger partial charge is 0.244 e. The van der Waals surface area contributed by atoms with Gasteiger partial charge in [-0.2, -0.15) is 4.31 Å². The maximum atomic E-state index is 12.6. The second-order valence-electron chi connectivity index (χ2n) is 6.45. The molecule has 0 unspecified atom stereocenters. The number of aromatic nitrogens is 1. The number of nitrogens with zero attached hydrogens (tertiary/aromatic N) is 2. The molecule has 2 atom stereocenters. The van der Waals surface area contributed by atoms with Crippen molar-refractivity contribution < 1.29 is 8.42 Å². The molecular formula is C16H24N2O2S2. The normalized spacial score (nSPS) is 27.1. The lowest BCUT2D eigenvalue weighted by Gasteiger charge is -2.25. The Hall–Kier alpha value is -0.590. The predicted octanol–water partition coefficient (Wildman–Crippen LogP) is 3.54. The van der Waals surface area contributed by atoms with Crippen molar-refractivity contribution in [3.8, 4) is 0 Å². The summed E-state index contributed by atoms with van der Waals surface area (Å²) in [7, 11) is -3.35. The molecule has 0 bridgehead atoms. The molecule has 0 N–H and O–H groups in total. The van der Waals surface area contributed by atoms with Gasteiger partial charge in [-0.05, 0) is 50.2 Å². The first-order chi connectivity index (χ1) is 10.6. The summed E-state index contributed by atoms with van der Waals surface area (Å²) in [4.78, 5) is 4.72. The molecule has 1 saturated heterocycles. The number of hydrogen-bond acceptors (Lipinski definition) is 4. The number of piperidine rings is 1. The van der Waals surface area contributed by atoms with Gasteiger partial charge in [0.15, 0.2) is 0 Å². The molecular weight excluding hydrogens is 316 g/mol. The second-order valence-corrected chi connectivity index (χ2v) is 9.71. The first-order valence-electron chi connectivity index (χ1n) is 8.18. The van der Waals surface area contributed by atoms with Gasteiger partial charge in [-0.15, -0.1) is 11.8 Å². The molecule has 0 aromatic carbocycles. The Bertz CT molecular complexity index is 595. The van der Waals surface area contributed by atoms with Crippen LogP contribution in [-0.2, 0) is 10.0 Å². The molecule has 1 saturated carbocycles. The zero-order valence-corrected chi connectivity index (χ0v) is 14.7. The topological polar surface area (TPSA) is 50.3 Å². The highest BCUT2D eigenvalue weighted by atomic mass is 32.2. The summed E-state index contributed by atoms with van der Waals surface area (Å²) in [6.07, 6.45) is 8.34. The van der Waals surface area contributed by atoms with Crippen molar-refractivity contribution in [1.29, 1.82) is 0 Å². The minimum absolute atomic E-state index is 0.332. The summed E-state index contributed by atoms with van der Waals surface area (Å²) in [5.41, 5.74) is 0. The van der Waals surface area contributed by atoms with Crippen LogP contribution in [0.25, 0.3) is 0 Å². The Labute approximate surface area is 137 Å². The lowest BCUT2D eigenvalue weighted by Crippen LogP contribution is -2.35. The lowest BCUT2D eigenvalue weighted by molar-refractivity contribution is 0.346. The Morgan fingerprint density at radius 2 is 1.95 bits per heavy atom. The highest BCUT2D eigenvalue weighted by Gasteiger charge is 2.27. The van der Waals surface area contributed by atoms with Crippen molar-refractivity contribution in [2.24, 2.45) is 5.92 Å². The monoisotopic (exact) mass is 340 g/mol. The van der Waals surface area contributed by atoms with Crippen molar-refractivity contribution in [2.75, 3.05) is 13.1 Å².